The first-order chi connectivity index (χ1) is 13.6. The highest BCUT2D eigenvalue weighted by molar-refractivity contribution is 5.99. The SMILES string of the molecule is C[C@@H](NC(=O)c1ccc2[nH]c3c(c2c1)CCCC3)C12CC3CC(CC(C3)C1)C2. The number of hydrogen-bond acceptors (Lipinski definition) is 1. The average molecular weight is 377 g/mol. The van der Waals surface area contributed by atoms with Crippen LogP contribution in [0.4, 0.5) is 0 Å². The zero-order chi connectivity index (χ0) is 18.9. The molecular weight excluding hydrogens is 344 g/mol. The summed E-state index contributed by atoms with van der Waals surface area (Å²) in [6, 6.07) is 6.53. The van der Waals surface area contributed by atoms with Crippen molar-refractivity contribution >= 4 is 16.8 Å². The molecule has 5 aliphatic rings. The lowest BCUT2D eigenvalue weighted by molar-refractivity contribution is -0.0688. The topological polar surface area (TPSA) is 44.9 Å². The van der Waals surface area contributed by atoms with E-state index in [-0.39, 0.29) is 11.9 Å². The number of aromatic amines is 1. The number of fused-ring (bicyclic) bond motifs is 3. The standard InChI is InChI=1S/C25H32N2O/c1-15(25-12-16-8-17(13-25)10-18(9-16)14-25)26-24(28)19-6-7-23-21(11-19)20-4-2-3-5-22(20)27-23/h6-7,11,15-18,27H,2-5,8-10,12-14H2,1H3,(H,26,28)/t15-,16?,17?,18?,25?/m1/s1. The van der Waals surface area contributed by atoms with Crippen LogP contribution in [0, 0.1) is 23.2 Å². The zero-order valence-corrected chi connectivity index (χ0v) is 17.0. The van der Waals surface area contributed by atoms with Crippen molar-refractivity contribution in [1.29, 1.82) is 0 Å². The first kappa shape index (κ1) is 17.1. The van der Waals surface area contributed by atoms with Crippen molar-refractivity contribution < 1.29 is 4.79 Å². The lowest BCUT2D eigenvalue weighted by Crippen LogP contribution is -2.55. The van der Waals surface area contributed by atoms with Crippen LogP contribution in [0.15, 0.2) is 18.2 Å². The Hall–Kier alpha value is -1.77. The second kappa shape index (κ2) is 6.11. The highest BCUT2D eigenvalue weighted by Gasteiger charge is 2.53. The van der Waals surface area contributed by atoms with Gasteiger partial charge in [0.2, 0.25) is 0 Å². The molecule has 148 valence electrons. The molecule has 4 saturated carbocycles. The number of benzene rings is 1. The molecule has 4 fully saturated rings. The van der Waals surface area contributed by atoms with Gasteiger partial charge in [0.15, 0.2) is 0 Å². The van der Waals surface area contributed by atoms with Gasteiger partial charge in [-0.2, -0.15) is 0 Å². The zero-order valence-electron chi connectivity index (χ0n) is 17.0. The number of amides is 1. The Morgan fingerprint density at radius 1 is 1.07 bits per heavy atom. The van der Waals surface area contributed by atoms with Gasteiger partial charge in [-0.05, 0) is 118 Å². The summed E-state index contributed by atoms with van der Waals surface area (Å²) in [4.78, 5) is 16.7. The van der Waals surface area contributed by atoms with Crippen molar-refractivity contribution in [1.82, 2.24) is 10.3 Å². The minimum absolute atomic E-state index is 0.121. The fraction of sp³-hybridized carbons (Fsp3) is 0.640. The highest BCUT2D eigenvalue weighted by atomic mass is 16.1. The van der Waals surface area contributed by atoms with Crippen LogP contribution >= 0.6 is 0 Å². The van der Waals surface area contributed by atoms with E-state index in [4.69, 9.17) is 0 Å². The van der Waals surface area contributed by atoms with Gasteiger partial charge in [0, 0.05) is 28.2 Å². The minimum Gasteiger partial charge on any atom is -0.358 e. The number of carbonyl (C=O) groups is 1. The smallest absolute Gasteiger partial charge is 0.251 e. The largest absolute Gasteiger partial charge is 0.358 e. The van der Waals surface area contributed by atoms with Crippen LogP contribution in [-0.2, 0) is 12.8 Å². The third kappa shape index (κ3) is 2.58. The summed E-state index contributed by atoms with van der Waals surface area (Å²) in [6.45, 7) is 2.28. The minimum atomic E-state index is 0.121. The van der Waals surface area contributed by atoms with Crippen LogP contribution < -0.4 is 5.32 Å². The van der Waals surface area contributed by atoms with E-state index in [9.17, 15) is 4.79 Å². The molecule has 1 aromatic heterocycles. The van der Waals surface area contributed by atoms with E-state index < -0.39 is 0 Å². The Balaban J connectivity index is 1.25. The Kier molecular flexibility index (Phi) is 3.74. The van der Waals surface area contributed by atoms with E-state index in [1.807, 2.05) is 6.07 Å². The predicted molar refractivity (Wildman–Crippen MR) is 112 cm³/mol. The molecule has 0 spiro atoms. The van der Waals surface area contributed by atoms with Gasteiger partial charge in [0.25, 0.3) is 5.91 Å². The Labute approximate surface area is 167 Å². The first-order valence-corrected chi connectivity index (χ1v) is 11.5. The van der Waals surface area contributed by atoms with Gasteiger partial charge < -0.3 is 10.3 Å². The maximum absolute atomic E-state index is 13.2. The lowest BCUT2D eigenvalue weighted by atomic mass is 9.48. The summed E-state index contributed by atoms with van der Waals surface area (Å²) in [6.07, 6.45) is 13.2. The van der Waals surface area contributed by atoms with Crippen molar-refractivity contribution in [2.45, 2.75) is 77.2 Å². The number of aromatic nitrogens is 1. The van der Waals surface area contributed by atoms with Gasteiger partial charge in [-0.25, -0.2) is 0 Å². The molecule has 7 rings (SSSR count). The van der Waals surface area contributed by atoms with E-state index in [1.54, 1.807) is 0 Å². The Morgan fingerprint density at radius 3 is 2.46 bits per heavy atom. The number of hydrogen-bond donors (Lipinski definition) is 2. The van der Waals surface area contributed by atoms with Crippen molar-refractivity contribution in [2.24, 2.45) is 23.2 Å². The van der Waals surface area contributed by atoms with Gasteiger partial charge in [-0.1, -0.05) is 0 Å². The molecule has 5 aliphatic carbocycles. The van der Waals surface area contributed by atoms with E-state index in [0.717, 1.165) is 36.2 Å². The van der Waals surface area contributed by atoms with E-state index in [0.29, 0.717) is 5.41 Å². The number of aryl methyl sites for hydroxylation is 2. The van der Waals surface area contributed by atoms with Gasteiger partial charge >= 0.3 is 0 Å². The quantitative estimate of drug-likeness (QED) is 0.742. The summed E-state index contributed by atoms with van der Waals surface area (Å²) in [5, 5.41) is 4.71. The van der Waals surface area contributed by atoms with Crippen LogP contribution in [0.3, 0.4) is 0 Å². The molecule has 3 heteroatoms. The third-order valence-electron chi connectivity index (χ3n) is 8.71. The van der Waals surface area contributed by atoms with Crippen LogP contribution in [0.1, 0.15) is 79.9 Å². The third-order valence-corrected chi connectivity index (χ3v) is 8.71. The number of rotatable bonds is 3. The summed E-state index contributed by atoms with van der Waals surface area (Å²) in [5.74, 6) is 2.89. The molecule has 28 heavy (non-hydrogen) atoms. The molecule has 1 heterocycles. The van der Waals surface area contributed by atoms with Crippen LogP contribution in [0.2, 0.25) is 0 Å². The Bertz CT molecular complexity index is 904. The maximum Gasteiger partial charge on any atom is 0.251 e. The van der Waals surface area contributed by atoms with Crippen LogP contribution in [0.5, 0.6) is 0 Å². The highest BCUT2D eigenvalue weighted by Crippen LogP contribution is 2.61. The average Bonchev–Trinajstić information content (AvgIpc) is 3.04. The first-order valence-electron chi connectivity index (χ1n) is 11.5. The normalized spacial score (nSPS) is 34.4. The second-order valence-electron chi connectivity index (χ2n) is 10.5. The second-order valence-corrected chi connectivity index (χ2v) is 10.5. The number of H-pyrrole nitrogens is 1. The van der Waals surface area contributed by atoms with Crippen LogP contribution in [-0.4, -0.2) is 16.9 Å². The molecule has 1 aromatic carbocycles. The molecule has 0 radical (unpaired) electrons. The molecule has 0 aliphatic heterocycles. The van der Waals surface area contributed by atoms with Crippen molar-refractivity contribution in [3.63, 3.8) is 0 Å². The van der Waals surface area contributed by atoms with Gasteiger partial charge in [-0.3, -0.25) is 4.79 Å². The fourth-order valence-electron chi connectivity index (χ4n) is 7.69. The van der Waals surface area contributed by atoms with Crippen molar-refractivity contribution in [2.75, 3.05) is 0 Å². The van der Waals surface area contributed by atoms with Gasteiger partial charge in [0.05, 0.1) is 0 Å². The lowest BCUT2D eigenvalue weighted by Gasteiger charge is -2.59. The maximum atomic E-state index is 13.2. The van der Waals surface area contributed by atoms with E-state index >= 15 is 0 Å². The Morgan fingerprint density at radius 2 is 1.75 bits per heavy atom. The molecule has 1 atom stereocenters. The number of nitrogens with one attached hydrogen (secondary N) is 2. The molecule has 0 saturated heterocycles. The van der Waals surface area contributed by atoms with Crippen molar-refractivity contribution in [3.05, 3.63) is 35.0 Å². The number of carbonyl (C=O) groups excluding carboxylic acids is 1. The summed E-state index contributed by atoms with van der Waals surface area (Å²) in [7, 11) is 0. The van der Waals surface area contributed by atoms with E-state index in [2.05, 4.69) is 29.4 Å². The van der Waals surface area contributed by atoms with E-state index in [1.165, 1.54) is 73.5 Å². The van der Waals surface area contributed by atoms with Gasteiger partial charge in [0.1, 0.15) is 0 Å². The molecule has 2 aromatic rings. The summed E-state index contributed by atoms with van der Waals surface area (Å²) < 4.78 is 0. The van der Waals surface area contributed by atoms with Crippen LogP contribution in [0.25, 0.3) is 10.9 Å². The molecule has 2 N–H and O–H groups in total. The summed E-state index contributed by atoms with van der Waals surface area (Å²) >= 11 is 0. The van der Waals surface area contributed by atoms with Gasteiger partial charge in [-0.15, -0.1) is 0 Å². The van der Waals surface area contributed by atoms with Crippen molar-refractivity contribution in [3.8, 4) is 0 Å². The molecule has 4 bridgehead atoms. The fourth-order valence-corrected chi connectivity index (χ4v) is 7.69. The molecule has 0 unspecified atom stereocenters. The molecule has 3 nitrogen and oxygen atoms in total. The molecule has 1 amide bonds. The summed E-state index contributed by atoms with van der Waals surface area (Å²) in [5.41, 5.74) is 5.22. The monoisotopic (exact) mass is 376 g/mol. The molecular formula is C25H32N2O. The predicted octanol–water partition coefficient (Wildman–Crippen LogP) is 5.38.